The average Bonchev–Trinajstić information content (AvgIpc) is 2.48. The maximum absolute atomic E-state index is 11.7. The van der Waals surface area contributed by atoms with Crippen LogP contribution in [0.2, 0.25) is 0 Å². The molecule has 0 unspecified atom stereocenters. The number of carbonyl (C=O) groups is 1. The summed E-state index contributed by atoms with van der Waals surface area (Å²) in [6.45, 7) is 10.3. The second-order valence-electron chi connectivity index (χ2n) is 7.32. The van der Waals surface area contributed by atoms with Crippen LogP contribution in [-0.2, 0) is 16.6 Å². The van der Waals surface area contributed by atoms with Gasteiger partial charge in [0, 0.05) is 6.42 Å². The summed E-state index contributed by atoms with van der Waals surface area (Å²) >= 11 is 0. The molecule has 0 amide bonds. The second kappa shape index (κ2) is 7.08. The van der Waals surface area contributed by atoms with E-state index in [-0.39, 0.29) is 5.41 Å². The maximum Gasteiger partial charge on any atom is 0.345 e. The van der Waals surface area contributed by atoms with Gasteiger partial charge in [0.15, 0.2) is 6.10 Å². The summed E-state index contributed by atoms with van der Waals surface area (Å²) in [5.41, 5.74) is 4.16. The van der Waals surface area contributed by atoms with Crippen molar-refractivity contribution in [2.75, 3.05) is 0 Å². The number of para-hydroxylation sites is 1. The van der Waals surface area contributed by atoms with Gasteiger partial charge in [-0.3, -0.25) is 0 Å². The molecule has 0 aliphatic rings. The highest BCUT2D eigenvalue weighted by Gasteiger charge is 2.25. The molecule has 2 rings (SSSR count). The fourth-order valence-corrected chi connectivity index (χ4v) is 2.80. The molecular weight excluding hydrogens is 300 g/mol. The van der Waals surface area contributed by atoms with Gasteiger partial charge >= 0.3 is 5.97 Å². The molecule has 0 saturated carbocycles. The van der Waals surface area contributed by atoms with E-state index < -0.39 is 12.1 Å². The average molecular weight is 326 g/mol. The molecule has 0 aliphatic carbocycles. The van der Waals surface area contributed by atoms with Crippen LogP contribution in [0, 0.1) is 13.8 Å². The van der Waals surface area contributed by atoms with E-state index in [0.29, 0.717) is 12.2 Å². The van der Waals surface area contributed by atoms with Crippen LogP contribution in [0.4, 0.5) is 0 Å². The number of benzene rings is 2. The minimum Gasteiger partial charge on any atom is -0.478 e. The van der Waals surface area contributed by atoms with Crippen molar-refractivity contribution in [3.8, 4) is 5.75 Å². The minimum atomic E-state index is -0.946. The van der Waals surface area contributed by atoms with Crippen LogP contribution in [-0.4, -0.2) is 17.2 Å². The Bertz CT molecular complexity index is 726. The molecule has 128 valence electrons. The lowest BCUT2D eigenvalue weighted by molar-refractivity contribution is -0.145. The Labute approximate surface area is 144 Å². The smallest absolute Gasteiger partial charge is 0.345 e. The summed E-state index contributed by atoms with van der Waals surface area (Å²) in [6, 6.07) is 13.7. The Morgan fingerprint density at radius 3 is 2.38 bits per heavy atom. The van der Waals surface area contributed by atoms with Crippen molar-refractivity contribution >= 4 is 5.97 Å². The van der Waals surface area contributed by atoms with Crippen LogP contribution in [0.3, 0.4) is 0 Å². The van der Waals surface area contributed by atoms with Crippen LogP contribution in [0.25, 0.3) is 0 Å². The SMILES string of the molecule is Cc1ccc(C[C@H](Oc2ccccc2C(C)(C)C)C(=O)O)c(C)c1. The largest absolute Gasteiger partial charge is 0.478 e. The highest BCUT2D eigenvalue weighted by molar-refractivity contribution is 5.73. The number of rotatable bonds is 5. The summed E-state index contributed by atoms with van der Waals surface area (Å²) in [5.74, 6) is -0.305. The summed E-state index contributed by atoms with van der Waals surface area (Å²) in [4.78, 5) is 11.7. The summed E-state index contributed by atoms with van der Waals surface area (Å²) < 4.78 is 5.92. The monoisotopic (exact) mass is 326 g/mol. The van der Waals surface area contributed by atoms with Crippen molar-refractivity contribution in [1.29, 1.82) is 0 Å². The van der Waals surface area contributed by atoms with Gasteiger partial charge in [-0.25, -0.2) is 4.79 Å². The first kappa shape index (κ1) is 18.1. The minimum absolute atomic E-state index is 0.112. The quantitative estimate of drug-likeness (QED) is 0.868. The first-order chi connectivity index (χ1) is 11.2. The second-order valence-corrected chi connectivity index (χ2v) is 7.32. The third kappa shape index (κ3) is 4.38. The summed E-state index contributed by atoms with van der Waals surface area (Å²) in [6.07, 6.45) is -0.560. The predicted octanol–water partition coefficient (Wildman–Crippen LogP) is 4.68. The number of aryl methyl sites for hydroxylation is 2. The lowest BCUT2D eigenvalue weighted by Gasteiger charge is -2.25. The molecule has 2 aromatic carbocycles. The van der Waals surface area contributed by atoms with Crippen molar-refractivity contribution in [3.63, 3.8) is 0 Å². The van der Waals surface area contributed by atoms with E-state index in [1.54, 1.807) is 0 Å². The number of carboxylic acid groups (broad SMARTS) is 1. The van der Waals surface area contributed by atoms with Crippen molar-refractivity contribution < 1.29 is 14.6 Å². The van der Waals surface area contributed by atoms with Crippen molar-refractivity contribution in [3.05, 3.63) is 64.7 Å². The molecule has 0 saturated heterocycles. The molecule has 0 aliphatic heterocycles. The van der Waals surface area contributed by atoms with Crippen molar-refractivity contribution in [2.24, 2.45) is 0 Å². The summed E-state index contributed by atoms with van der Waals surface area (Å²) in [5, 5.41) is 9.61. The Kier molecular flexibility index (Phi) is 5.33. The number of ether oxygens (including phenoxy) is 1. The number of hydrogen-bond acceptors (Lipinski definition) is 2. The van der Waals surface area contributed by atoms with Crippen LogP contribution in [0.1, 0.15) is 43.0 Å². The van der Waals surface area contributed by atoms with Gasteiger partial charge in [-0.05, 0) is 42.0 Å². The lowest BCUT2D eigenvalue weighted by Crippen LogP contribution is -2.30. The Hall–Kier alpha value is -2.29. The molecule has 24 heavy (non-hydrogen) atoms. The molecule has 1 N–H and O–H groups in total. The third-order valence-electron chi connectivity index (χ3n) is 4.14. The standard InChI is InChI=1S/C21H26O3/c1-14-10-11-16(15(2)12-14)13-19(20(22)23)24-18-9-7-6-8-17(18)21(3,4)5/h6-12,19H,13H2,1-5H3,(H,22,23)/t19-/m0/s1. The van der Waals surface area contributed by atoms with Crippen molar-refractivity contribution in [2.45, 2.75) is 52.6 Å². The molecule has 3 nitrogen and oxygen atoms in total. The maximum atomic E-state index is 11.7. The highest BCUT2D eigenvalue weighted by Crippen LogP contribution is 2.32. The third-order valence-corrected chi connectivity index (χ3v) is 4.14. The Balaban J connectivity index is 2.29. The molecular formula is C21H26O3. The fourth-order valence-electron chi connectivity index (χ4n) is 2.80. The lowest BCUT2D eigenvalue weighted by atomic mass is 9.86. The molecule has 0 spiro atoms. The van der Waals surface area contributed by atoms with Gasteiger partial charge in [-0.1, -0.05) is 62.7 Å². The molecule has 0 heterocycles. The van der Waals surface area contributed by atoms with Gasteiger partial charge in [0.05, 0.1) is 0 Å². The van der Waals surface area contributed by atoms with Gasteiger partial charge in [-0.15, -0.1) is 0 Å². The van der Waals surface area contributed by atoms with Crippen molar-refractivity contribution in [1.82, 2.24) is 0 Å². The van der Waals surface area contributed by atoms with Crippen LogP contribution >= 0.6 is 0 Å². The number of carboxylic acids is 1. The molecule has 3 heteroatoms. The number of aliphatic carboxylic acids is 1. The molecule has 0 bridgehead atoms. The topological polar surface area (TPSA) is 46.5 Å². The normalized spacial score (nSPS) is 12.7. The van der Waals surface area contributed by atoms with Gasteiger partial charge in [0.25, 0.3) is 0 Å². The van der Waals surface area contributed by atoms with E-state index in [4.69, 9.17) is 4.74 Å². The Morgan fingerprint density at radius 1 is 1.12 bits per heavy atom. The zero-order chi connectivity index (χ0) is 17.9. The molecule has 0 aromatic heterocycles. The van der Waals surface area contributed by atoms with E-state index in [1.807, 2.05) is 50.2 Å². The molecule has 1 atom stereocenters. The Morgan fingerprint density at radius 2 is 1.79 bits per heavy atom. The van der Waals surface area contributed by atoms with E-state index in [9.17, 15) is 9.90 Å². The van der Waals surface area contributed by atoms with Crippen LogP contribution in [0.5, 0.6) is 5.75 Å². The van der Waals surface area contributed by atoms with Crippen LogP contribution in [0.15, 0.2) is 42.5 Å². The highest BCUT2D eigenvalue weighted by atomic mass is 16.5. The van der Waals surface area contributed by atoms with E-state index in [0.717, 1.165) is 16.7 Å². The zero-order valence-electron chi connectivity index (χ0n) is 15.1. The molecule has 2 aromatic rings. The fraction of sp³-hybridized carbons (Fsp3) is 0.381. The first-order valence-electron chi connectivity index (χ1n) is 8.23. The molecule has 0 radical (unpaired) electrons. The van der Waals surface area contributed by atoms with Gasteiger partial charge in [0.1, 0.15) is 5.75 Å². The van der Waals surface area contributed by atoms with E-state index in [1.165, 1.54) is 5.56 Å². The van der Waals surface area contributed by atoms with Gasteiger partial charge in [-0.2, -0.15) is 0 Å². The molecule has 0 fully saturated rings. The van der Waals surface area contributed by atoms with E-state index >= 15 is 0 Å². The zero-order valence-corrected chi connectivity index (χ0v) is 15.1. The number of hydrogen-bond donors (Lipinski definition) is 1. The van der Waals surface area contributed by atoms with Gasteiger partial charge in [0.2, 0.25) is 0 Å². The van der Waals surface area contributed by atoms with E-state index in [2.05, 4.69) is 26.8 Å². The summed E-state index contributed by atoms with van der Waals surface area (Å²) in [7, 11) is 0. The first-order valence-corrected chi connectivity index (χ1v) is 8.23. The predicted molar refractivity (Wildman–Crippen MR) is 96.8 cm³/mol. The van der Waals surface area contributed by atoms with Crippen LogP contribution < -0.4 is 4.74 Å². The van der Waals surface area contributed by atoms with Gasteiger partial charge < -0.3 is 9.84 Å².